The highest BCUT2D eigenvalue weighted by atomic mass is 16.4. The van der Waals surface area contributed by atoms with Crippen molar-refractivity contribution in [2.75, 3.05) is 5.32 Å². The summed E-state index contributed by atoms with van der Waals surface area (Å²) in [4.78, 5) is 24.6. The van der Waals surface area contributed by atoms with Crippen LogP contribution in [0.1, 0.15) is 17.4 Å². The van der Waals surface area contributed by atoms with E-state index >= 15 is 0 Å². The summed E-state index contributed by atoms with van der Waals surface area (Å²) in [5.74, 6) is -1.78. The molecule has 0 saturated carbocycles. The molecule has 1 rings (SSSR count). The molecule has 0 saturated heterocycles. The van der Waals surface area contributed by atoms with Gasteiger partial charge in [-0.2, -0.15) is 4.98 Å². The molecule has 0 aliphatic rings. The lowest BCUT2D eigenvalue weighted by Gasteiger charge is -2.05. The van der Waals surface area contributed by atoms with Crippen LogP contribution >= 0.6 is 0 Å². The first-order valence-electron chi connectivity index (χ1n) is 3.75. The summed E-state index contributed by atoms with van der Waals surface area (Å²) in [6.45, 7) is 1.51. The monoisotopic (exact) mass is 199 g/mol. The molecule has 0 spiro atoms. The van der Waals surface area contributed by atoms with Gasteiger partial charge in [0.1, 0.15) is 12.3 Å². The van der Waals surface area contributed by atoms with Crippen LogP contribution in [-0.4, -0.2) is 28.0 Å². The molecule has 1 amide bonds. The highest BCUT2D eigenvalue weighted by Gasteiger charge is 2.14. The molecule has 1 aromatic heterocycles. The Balaban J connectivity index is 2.69. The number of hydrogen-bond donors (Lipinski definition) is 3. The molecule has 14 heavy (non-hydrogen) atoms. The smallest absolute Gasteiger partial charge is 0.357 e. The van der Waals surface area contributed by atoms with Crippen LogP contribution in [0.25, 0.3) is 0 Å². The lowest BCUT2D eigenvalue weighted by Crippen LogP contribution is -2.32. The second kappa shape index (κ2) is 3.77. The molecule has 0 aliphatic heterocycles. The van der Waals surface area contributed by atoms with Gasteiger partial charge in [-0.25, -0.2) is 4.79 Å². The zero-order valence-electron chi connectivity index (χ0n) is 7.35. The molecule has 7 nitrogen and oxygen atoms in total. The number of aromatic nitrogens is 1. The normalized spacial score (nSPS) is 12.1. The summed E-state index contributed by atoms with van der Waals surface area (Å²) in [5, 5.41) is 11.0. The van der Waals surface area contributed by atoms with E-state index in [1.54, 1.807) is 0 Å². The van der Waals surface area contributed by atoms with Crippen LogP contribution < -0.4 is 11.1 Å². The molecule has 0 radical (unpaired) electrons. The molecule has 0 aliphatic carbocycles. The van der Waals surface area contributed by atoms with Crippen LogP contribution in [0.5, 0.6) is 0 Å². The number of hydrogen-bond acceptors (Lipinski definition) is 5. The molecule has 76 valence electrons. The van der Waals surface area contributed by atoms with E-state index in [0.29, 0.717) is 0 Å². The molecule has 1 heterocycles. The summed E-state index contributed by atoms with van der Waals surface area (Å²) >= 11 is 0. The van der Waals surface area contributed by atoms with Crippen molar-refractivity contribution < 1.29 is 19.1 Å². The first-order valence-corrected chi connectivity index (χ1v) is 3.75. The van der Waals surface area contributed by atoms with Gasteiger partial charge in [-0.05, 0) is 6.92 Å². The van der Waals surface area contributed by atoms with Crippen molar-refractivity contribution in [1.29, 1.82) is 0 Å². The van der Waals surface area contributed by atoms with Crippen LogP contribution in [0.15, 0.2) is 10.7 Å². The number of nitrogens with zero attached hydrogens (tertiary/aromatic N) is 1. The van der Waals surface area contributed by atoms with Crippen molar-refractivity contribution in [3.63, 3.8) is 0 Å². The first-order chi connectivity index (χ1) is 6.50. The minimum absolute atomic E-state index is 0.0475. The molecule has 1 unspecified atom stereocenters. The van der Waals surface area contributed by atoms with Crippen molar-refractivity contribution in [1.82, 2.24) is 4.98 Å². The minimum Gasteiger partial charge on any atom is -0.476 e. The standard InChI is InChI=1S/C7H9N3O4/c1-3(5(8)11)9-7-10-4(2-14-7)6(12)13/h2-3H,1H3,(H2,8,11)(H,9,10)(H,12,13). The average molecular weight is 199 g/mol. The maximum absolute atomic E-state index is 10.6. The molecule has 0 bridgehead atoms. The number of carboxylic acids is 1. The second-order valence-electron chi connectivity index (χ2n) is 2.61. The topological polar surface area (TPSA) is 118 Å². The van der Waals surface area contributed by atoms with Gasteiger partial charge in [-0.3, -0.25) is 4.79 Å². The molecule has 4 N–H and O–H groups in total. The van der Waals surface area contributed by atoms with Crippen LogP contribution in [-0.2, 0) is 4.79 Å². The van der Waals surface area contributed by atoms with Gasteiger partial charge in [0.15, 0.2) is 5.69 Å². The van der Waals surface area contributed by atoms with Crippen LogP contribution in [0, 0.1) is 0 Å². The summed E-state index contributed by atoms with van der Waals surface area (Å²) < 4.78 is 4.74. The SMILES string of the molecule is CC(Nc1nc(C(=O)O)co1)C(N)=O. The van der Waals surface area contributed by atoms with E-state index in [1.807, 2.05) is 0 Å². The van der Waals surface area contributed by atoms with E-state index in [4.69, 9.17) is 15.3 Å². The molecule has 0 fully saturated rings. The number of aromatic carboxylic acids is 1. The predicted octanol–water partition coefficient (Wildman–Crippen LogP) is -0.342. The quantitative estimate of drug-likeness (QED) is 0.610. The number of carboxylic acid groups (broad SMARTS) is 1. The Kier molecular flexibility index (Phi) is 2.70. The van der Waals surface area contributed by atoms with Crippen molar-refractivity contribution >= 4 is 17.9 Å². The fourth-order valence-electron chi connectivity index (χ4n) is 0.695. The van der Waals surface area contributed by atoms with Gasteiger partial charge in [-0.1, -0.05) is 0 Å². The van der Waals surface area contributed by atoms with Crippen LogP contribution in [0.3, 0.4) is 0 Å². The lowest BCUT2D eigenvalue weighted by molar-refractivity contribution is -0.118. The van der Waals surface area contributed by atoms with E-state index in [-0.39, 0.29) is 11.7 Å². The Morgan fingerprint density at radius 2 is 2.36 bits per heavy atom. The van der Waals surface area contributed by atoms with Gasteiger partial charge in [0.25, 0.3) is 6.01 Å². The van der Waals surface area contributed by atoms with Crippen molar-refractivity contribution in [2.45, 2.75) is 13.0 Å². The zero-order valence-corrected chi connectivity index (χ0v) is 7.35. The molecule has 0 aromatic carbocycles. The summed E-state index contributed by atoms with van der Waals surface area (Å²) in [6, 6.07) is -0.719. The highest BCUT2D eigenvalue weighted by molar-refractivity contribution is 5.85. The minimum atomic E-state index is -1.20. The van der Waals surface area contributed by atoms with Crippen molar-refractivity contribution in [3.8, 4) is 0 Å². The van der Waals surface area contributed by atoms with Gasteiger partial charge in [0.05, 0.1) is 0 Å². The summed E-state index contributed by atoms with van der Waals surface area (Å²) in [7, 11) is 0. The van der Waals surface area contributed by atoms with E-state index in [9.17, 15) is 9.59 Å². The predicted molar refractivity (Wildman–Crippen MR) is 45.7 cm³/mol. The first kappa shape index (κ1) is 10.0. The van der Waals surface area contributed by atoms with Gasteiger partial charge in [-0.15, -0.1) is 0 Å². The maximum atomic E-state index is 10.6. The number of carbonyl (C=O) groups is 2. The number of oxazole rings is 1. The third kappa shape index (κ3) is 2.22. The zero-order chi connectivity index (χ0) is 10.7. The number of nitrogens with one attached hydrogen (secondary N) is 1. The molecule has 1 aromatic rings. The maximum Gasteiger partial charge on any atom is 0.357 e. The van der Waals surface area contributed by atoms with Gasteiger partial charge >= 0.3 is 5.97 Å². The Labute approximate surface area is 78.9 Å². The number of nitrogens with two attached hydrogens (primary N) is 1. The van der Waals surface area contributed by atoms with Gasteiger partial charge in [0.2, 0.25) is 5.91 Å². The van der Waals surface area contributed by atoms with Crippen molar-refractivity contribution in [2.24, 2.45) is 5.73 Å². The van der Waals surface area contributed by atoms with Gasteiger partial charge in [0, 0.05) is 0 Å². The molecular formula is C7H9N3O4. The largest absolute Gasteiger partial charge is 0.476 e. The van der Waals surface area contributed by atoms with Crippen LogP contribution in [0.4, 0.5) is 6.01 Å². The third-order valence-corrected chi connectivity index (χ3v) is 1.49. The highest BCUT2D eigenvalue weighted by Crippen LogP contribution is 2.08. The van der Waals surface area contributed by atoms with Gasteiger partial charge < -0.3 is 20.6 Å². The number of primary amides is 1. The fourth-order valence-corrected chi connectivity index (χ4v) is 0.695. The van der Waals surface area contributed by atoms with Crippen LogP contribution in [0.2, 0.25) is 0 Å². The number of rotatable bonds is 4. The Bertz CT molecular complexity index is 360. The molecule has 1 atom stereocenters. The fraction of sp³-hybridized carbons (Fsp3) is 0.286. The number of carbonyl (C=O) groups excluding carboxylic acids is 1. The second-order valence-corrected chi connectivity index (χ2v) is 2.61. The molecule has 7 heteroatoms. The summed E-state index contributed by atoms with van der Waals surface area (Å²) in [6.07, 6.45) is 0.971. The number of anilines is 1. The van der Waals surface area contributed by atoms with E-state index < -0.39 is 17.9 Å². The van der Waals surface area contributed by atoms with E-state index in [0.717, 1.165) is 6.26 Å². The number of amides is 1. The van der Waals surface area contributed by atoms with E-state index in [1.165, 1.54) is 6.92 Å². The van der Waals surface area contributed by atoms with Crippen molar-refractivity contribution in [3.05, 3.63) is 12.0 Å². The lowest BCUT2D eigenvalue weighted by atomic mass is 10.3. The summed E-state index contributed by atoms with van der Waals surface area (Å²) in [5.41, 5.74) is 4.73. The third-order valence-electron chi connectivity index (χ3n) is 1.49. The Morgan fingerprint density at radius 3 is 2.79 bits per heavy atom. The molecular weight excluding hydrogens is 190 g/mol. The van der Waals surface area contributed by atoms with E-state index in [2.05, 4.69) is 10.3 Å². The Hall–Kier alpha value is -2.05. The Morgan fingerprint density at radius 1 is 1.71 bits per heavy atom. The average Bonchev–Trinajstić information content (AvgIpc) is 2.52.